The SMILES string of the molecule is CCCOCC(=O)NCC(Cl)CC(C)(C)C. The van der Waals surface area contributed by atoms with E-state index >= 15 is 0 Å². The third kappa shape index (κ3) is 10.2. The molecule has 0 radical (unpaired) electrons. The Bertz CT molecular complexity index is 202. The quantitative estimate of drug-likeness (QED) is 0.556. The lowest BCUT2D eigenvalue weighted by atomic mass is 9.90. The van der Waals surface area contributed by atoms with E-state index < -0.39 is 0 Å². The standard InChI is InChI=1S/C12H24ClNO2/c1-5-6-16-9-11(15)14-8-10(13)7-12(2,3)4/h10H,5-9H2,1-4H3,(H,14,15). The van der Waals surface area contributed by atoms with Crippen LogP contribution in [0, 0.1) is 5.41 Å². The number of hydrogen-bond donors (Lipinski definition) is 1. The zero-order valence-corrected chi connectivity index (χ0v) is 11.6. The maximum atomic E-state index is 11.3. The maximum absolute atomic E-state index is 11.3. The summed E-state index contributed by atoms with van der Waals surface area (Å²) in [5, 5.41) is 2.75. The fourth-order valence-electron chi connectivity index (χ4n) is 1.32. The van der Waals surface area contributed by atoms with Crippen molar-refractivity contribution in [3.8, 4) is 0 Å². The summed E-state index contributed by atoms with van der Waals surface area (Å²) in [6, 6.07) is 0. The molecule has 0 aromatic rings. The van der Waals surface area contributed by atoms with E-state index in [1.54, 1.807) is 0 Å². The van der Waals surface area contributed by atoms with Crippen LogP contribution in [0.3, 0.4) is 0 Å². The van der Waals surface area contributed by atoms with E-state index in [0.717, 1.165) is 12.8 Å². The minimum Gasteiger partial charge on any atom is -0.372 e. The van der Waals surface area contributed by atoms with Gasteiger partial charge in [0.25, 0.3) is 0 Å². The van der Waals surface area contributed by atoms with E-state index in [4.69, 9.17) is 16.3 Å². The van der Waals surface area contributed by atoms with E-state index in [9.17, 15) is 4.79 Å². The summed E-state index contributed by atoms with van der Waals surface area (Å²) < 4.78 is 5.12. The lowest BCUT2D eigenvalue weighted by molar-refractivity contribution is -0.125. The molecule has 4 heteroatoms. The molecule has 0 saturated heterocycles. The predicted octanol–water partition coefficient (Wildman–Crippen LogP) is 2.57. The Hall–Kier alpha value is -0.280. The number of alkyl halides is 1. The molecule has 1 atom stereocenters. The van der Waals surface area contributed by atoms with Crippen molar-refractivity contribution in [2.24, 2.45) is 5.41 Å². The molecule has 0 spiro atoms. The highest BCUT2D eigenvalue weighted by Crippen LogP contribution is 2.23. The van der Waals surface area contributed by atoms with Crippen LogP contribution >= 0.6 is 11.6 Å². The summed E-state index contributed by atoms with van der Waals surface area (Å²) in [6.45, 7) is 9.67. The van der Waals surface area contributed by atoms with Gasteiger partial charge in [0.2, 0.25) is 5.91 Å². The fourth-order valence-corrected chi connectivity index (χ4v) is 1.86. The molecule has 0 aliphatic carbocycles. The minimum atomic E-state index is -0.0898. The fraction of sp³-hybridized carbons (Fsp3) is 0.917. The molecule has 3 nitrogen and oxygen atoms in total. The number of amides is 1. The number of hydrogen-bond acceptors (Lipinski definition) is 2. The topological polar surface area (TPSA) is 38.3 Å². The molecule has 0 saturated carbocycles. The number of halogens is 1. The Balaban J connectivity index is 3.59. The molecular formula is C12H24ClNO2. The summed E-state index contributed by atoms with van der Waals surface area (Å²) in [7, 11) is 0. The van der Waals surface area contributed by atoms with Gasteiger partial charge in [-0.25, -0.2) is 0 Å². The van der Waals surface area contributed by atoms with Crippen molar-refractivity contribution < 1.29 is 9.53 Å². The summed E-state index contributed by atoms with van der Waals surface area (Å²) in [5.74, 6) is -0.0898. The molecule has 0 aromatic heterocycles. The van der Waals surface area contributed by atoms with Gasteiger partial charge in [-0.15, -0.1) is 11.6 Å². The highest BCUT2D eigenvalue weighted by Gasteiger charge is 2.17. The van der Waals surface area contributed by atoms with E-state index in [-0.39, 0.29) is 23.3 Å². The van der Waals surface area contributed by atoms with Crippen LogP contribution in [0.5, 0.6) is 0 Å². The normalized spacial score (nSPS) is 13.6. The van der Waals surface area contributed by atoms with E-state index in [1.165, 1.54) is 0 Å². The molecule has 0 aliphatic heterocycles. The number of carbonyl (C=O) groups excluding carboxylic acids is 1. The first-order valence-electron chi connectivity index (χ1n) is 5.83. The first-order chi connectivity index (χ1) is 7.35. The van der Waals surface area contributed by atoms with Gasteiger partial charge in [0.05, 0.1) is 5.38 Å². The van der Waals surface area contributed by atoms with Gasteiger partial charge >= 0.3 is 0 Å². The Morgan fingerprint density at radius 2 is 2.06 bits per heavy atom. The van der Waals surface area contributed by atoms with E-state index in [1.807, 2.05) is 6.92 Å². The van der Waals surface area contributed by atoms with Crippen LogP contribution in [0.2, 0.25) is 0 Å². The molecule has 0 rings (SSSR count). The molecule has 1 amide bonds. The maximum Gasteiger partial charge on any atom is 0.246 e. The molecule has 0 bridgehead atoms. The second-order valence-electron chi connectivity index (χ2n) is 5.22. The highest BCUT2D eigenvalue weighted by molar-refractivity contribution is 6.20. The van der Waals surface area contributed by atoms with Crippen LogP contribution in [0.15, 0.2) is 0 Å². The van der Waals surface area contributed by atoms with Gasteiger partial charge in [-0.05, 0) is 18.3 Å². The Morgan fingerprint density at radius 1 is 1.44 bits per heavy atom. The monoisotopic (exact) mass is 249 g/mol. The van der Waals surface area contributed by atoms with Crippen molar-refractivity contribution >= 4 is 17.5 Å². The summed E-state index contributed by atoms with van der Waals surface area (Å²) in [5.41, 5.74) is 0.190. The Morgan fingerprint density at radius 3 is 2.56 bits per heavy atom. The van der Waals surface area contributed by atoms with Crippen molar-refractivity contribution in [1.29, 1.82) is 0 Å². The van der Waals surface area contributed by atoms with Gasteiger partial charge in [-0.3, -0.25) is 4.79 Å². The summed E-state index contributed by atoms with van der Waals surface area (Å²) in [4.78, 5) is 11.3. The third-order valence-electron chi connectivity index (χ3n) is 1.94. The van der Waals surface area contributed by atoms with Crippen LogP contribution in [0.25, 0.3) is 0 Å². The molecule has 96 valence electrons. The number of ether oxygens (including phenoxy) is 1. The molecule has 1 unspecified atom stereocenters. The highest BCUT2D eigenvalue weighted by atomic mass is 35.5. The van der Waals surface area contributed by atoms with Crippen molar-refractivity contribution in [3.05, 3.63) is 0 Å². The van der Waals surface area contributed by atoms with Crippen LogP contribution in [0.4, 0.5) is 0 Å². The zero-order chi connectivity index (χ0) is 12.6. The molecular weight excluding hydrogens is 226 g/mol. The average molecular weight is 250 g/mol. The Kier molecular flexibility index (Phi) is 7.77. The molecule has 0 heterocycles. The summed E-state index contributed by atoms with van der Waals surface area (Å²) >= 11 is 6.12. The lowest BCUT2D eigenvalue weighted by Gasteiger charge is -2.21. The molecule has 0 aliphatic rings. The number of rotatable bonds is 7. The third-order valence-corrected chi connectivity index (χ3v) is 2.24. The second-order valence-corrected chi connectivity index (χ2v) is 5.84. The molecule has 0 fully saturated rings. The van der Waals surface area contributed by atoms with E-state index in [2.05, 4.69) is 26.1 Å². The van der Waals surface area contributed by atoms with Crippen LogP contribution in [-0.2, 0) is 9.53 Å². The van der Waals surface area contributed by atoms with E-state index in [0.29, 0.717) is 13.2 Å². The average Bonchev–Trinajstić information content (AvgIpc) is 2.12. The van der Waals surface area contributed by atoms with Gasteiger partial charge in [0, 0.05) is 13.2 Å². The zero-order valence-electron chi connectivity index (χ0n) is 10.8. The smallest absolute Gasteiger partial charge is 0.246 e. The van der Waals surface area contributed by atoms with Gasteiger partial charge in [0.15, 0.2) is 0 Å². The first kappa shape index (κ1) is 15.7. The second kappa shape index (κ2) is 7.91. The van der Waals surface area contributed by atoms with Crippen LogP contribution in [-0.4, -0.2) is 31.0 Å². The molecule has 1 N–H and O–H groups in total. The predicted molar refractivity (Wildman–Crippen MR) is 67.8 cm³/mol. The van der Waals surface area contributed by atoms with Crippen LogP contribution < -0.4 is 5.32 Å². The molecule has 0 aromatic carbocycles. The molecule has 16 heavy (non-hydrogen) atoms. The van der Waals surface area contributed by atoms with Crippen molar-refractivity contribution in [2.45, 2.75) is 45.9 Å². The van der Waals surface area contributed by atoms with Crippen molar-refractivity contribution in [1.82, 2.24) is 5.32 Å². The van der Waals surface area contributed by atoms with Gasteiger partial charge < -0.3 is 10.1 Å². The minimum absolute atomic E-state index is 0.0184. The largest absolute Gasteiger partial charge is 0.372 e. The van der Waals surface area contributed by atoms with Crippen molar-refractivity contribution in [3.63, 3.8) is 0 Å². The summed E-state index contributed by atoms with van der Waals surface area (Å²) in [6.07, 6.45) is 1.81. The van der Waals surface area contributed by atoms with Crippen molar-refractivity contribution in [2.75, 3.05) is 19.8 Å². The van der Waals surface area contributed by atoms with Gasteiger partial charge in [-0.2, -0.15) is 0 Å². The number of carbonyl (C=O) groups is 1. The van der Waals surface area contributed by atoms with Gasteiger partial charge in [0.1, 0.15) is 6.61 Å². The number of nitrogens with one attached hydrogen (secondary N) is 1. The Labute approximate surface area is 104 Å². The van der Waals surface area contributed by atoms with Gasteiger partial charge in [-0.1, -0.05) is 27.7 Å². The first-order valence-corrected chi connectivity index (χ1v) is 6.27. The van der Waals surface area contributed by atoms with Crippen LogP contribution in [0.1, 0.15) is 40.5 Å². The lowest BCUT2D eigenvalue weighted by Crippen LogP contribution is -2.34.